The molecule has 3 rings (SSSR count). The fourth-order valence-corrected chi connectivity index (χ4v) is 2.97. The summed E-state index contributed by atoms with van der Waals surface area (Å²) in [5, 5.41) is 7.58. The largest absolute Gasteiger partial charge is 0.338 e. The zero-order valence-corrected chi connectivity index (χ0v) is 10.5. The summed E-state index contributed by atoms with van der Waals surface area (Å²) in [6.07, 6.45) is 7.38. The third-order valence-corrected chi connectivity index (χ3v) is 4.20. The van der Waals surface area contributed by atoms with Gasteiger partial charge in [0.15, 0.2) is 5.82 Å². The lowest BCUT2D eigenvalue weighted by molar-refractivity contribution is 0.316. The Hall–Kier alpha value is -0.900. The average molecular weight is 235 g/mol. The van der Waals surface area contributed by atoms with Gasteiger partial charge in [-0.1, -0.05) is 24.9 Å². The first-order valence-corrected chi connectivity index (χ1v) is 6.90. The molecule has 1 aliphatic carbocycles. The molecule has 1 atom stereocenters. The second kappa shape index (κ2) is 4.77. The van der Waals surface area contributed by atoms with Crippen molar-refractivity contribution in [3.8, 4) is 0 Å². The maximum Gasteiger partial charge on any atom is 0.243 e. The summed E-state index contributed by atoms with van der Waals surface area (Å²) >= 11 is 0. The molecule has 1 aromatic rings. The van der Waals surface area contributed by atoms with Crippen LogP contribution in [-0.2, 0) is 0 Å². The molecule has 2 heterocycles. The maximum absolute atomic E-state index is 5.41. The Labute approximate surface area is 102 Å². The van der Waals surface area contributed by atoms with Crippen molar-refractivity contribution in [1.82, 2.24) is 15.5 Å². The lowest BCUT2D eigenvalue weighted by Crippen LogP contribution is -2.14. The summed E-state index contributed by atoms with van der Waals surface area (Å²) in [6, 6.07) is 0.304. The minimum atomic E-state index is 0.304. The molecule has 1 unspecified atom stereocenters. The Kier molecular flexibility index (Phi) is 3.14. The molecule has 4 nitrogen and oxygen atoms in total. The molecule has 0 amide bonds. The van der Waals surface area contributed by atoms with Crippen molar-refractivity contribution in [2.24, 2.45) is 5.92 Å². The average Bonchev–Trinajstić information content (AvgIpc) is 3.00. The highest BCUT2D eigenvalue weighted by Gasteiger charge is 2.27. The summed E-state index contributed by atoms with van der Waals surface area (Å²) in [7, 11) is 0. The fraction of sp³-hybridized carbons (Fsp3) is 0.846. The van der Waals surface area contributed by atoms with Gasteiger partial charge in [-0.25, -0.2) is 0 Å². The van der Waals surface area contributed by atoms with E-state index in [1.54, 1.807) is 0 Å². The van der Waals surface area contributed by atoms with Gasteiger partial charge < -0.3 is 9.84 Å². The molecule has 94 valence electrons. The van der Waals surface area contributed by atoms with E-state index >= 15 is 0 Å². The molecule has 0 bridgehead atoms. The van der Waals surface area contributed by atoms with Crippen LogP contribution in [0, 0.1) is 5.92 Å². The molecular formula is C13H21N3O. The topological polar surface area (TPSA) is 51.0 Å². The Balaban J connectivity index is 1.67. The molecule has 0 aromatic carbocycles. The van der Waals surface area contributed by atoms with E-state index in [1.807, 2.05) is 0 Å². The van der Waals surface area contributed by atoms with Crippen molar-refractivity contribution in [3.63, 3.8) is 0 Å². The number of nitrogens with one attached hydrogen (secondary N) is 1. The van der Waals surface area contributed by atoms with Gasteiger partial charge in [0.1, 0.15) is 0 Å². The number of hydrogen-bond donors (Lipinski definition) is 1. The van der Waals surface area contributed by atoms with Crippen molar-refractivity contribution in [1.29, 1.82) is 0 Å². The molecule has 2 fully saturated rings. The summed E-state index contributed by atoms with van der Waals surface area (Å²) in [5.74, 6) is 3.15. The predicted molar refractivity (Wildman–Crippen MR) is 64.6 cm³/mol. The van der Waals surface area contributed by atoms with Crippen LogP contribution in [0.4, 0.5) is 0 Å². The quantitative estimate of drug-likeness (QED) is 0.856. The zero-order valence-electron chi connectivity index (χ0n) is 10.5. The first-order chi connectivity index (χ1) is 8.33. The molecule has 1 aromatic heterocycles. The lowest BCUT2D eigenvalue weighted by atomic mass is 9.83. The summed E-state index contributed by atoms with van der Waals surface area (Å²) in [4.78, 5) is 4.60. The third-order valence-electron chi connectivity index (χ3n) is 4.20. The van der Waals surface area contributed by atoms with Crippen LogP contribution in [0.25, 0.3) is 0 Å². The molecule has 1 aliphatic heterocycles. The number of rotatable bonds is 2. The van der Waals surface area contributed by atoms with Gasteiger partial charge in [0.25, 0.3) is 0 Å². The van der Waals surface area contributed by atoms with E-state index < -0.39 is 0 Å². The number of hydrogen-bond acceptors (Lipinski definition) is 4. The first kappa shape index (κ1) is 11.2. The van der Waals surface area contributed by atoms with Crippen molar-refractivity contribution >= 4 is 0 Å². The van der Waals surface area contributed by atoms with E-state index in [-0.39, 0.29) is 0 Å². The summed E-state index contributed by atoms with van der Waals surface area (Å²) in [6.45, 7) is 3.41. The second-order valence-corrected chi connectivity index (χ2v) is 5.60. The zero-order chi connectivity index (χ0) is 11.7. The van der Waals surface area contributed by atoms with Gasteiger partial charge in [-0.15, -0.1) is 0 Å². The number of aromatic nitrogens is 2. The molecular weight excluding hydrogens is 214 g/mol. The van der Waals surface area contributed by atoms with Crippen molar-refractivity contribution in [2.75, 3.05) is 6.54 Å². The highest BCUT2D eigenvalue weighted by atomic mass is 16.5. The smallest absolute Gasteiger partial charge is 0.243 e. The molecule has 17 heavy (non-hydrogen) atoms. The highest BCUT2D eigenvalue weighted by Crippen LogP contribution is 2.34. The van der Waals surface area contributed by atoms with Crippen molar-refractivity contribution in [2.45, 2.75) is 57.4 Å². The van der Waals surface area contributed by atoms with E-state index in [0.29, 0.717) is 12.0 Å². The van der Waals surface area contributed by atoms with Gasteiger partial charge in [0.05, 0.1) is 6.04 Å². The molecule has 1 N–H and O–H groups in total. The second-order valence-electron chi connectivity index (χ2n) is 5.60. The van der Waals surface area contributed by atoms with Crippen LogP contribution in [-0.4, -0.2) is 16.7 Å². The van der Waals surface area contributed by atoms with Crippen LogP contribution >= 0.6 is 0 Å². The molecule has 0 spiro atoms. The van der Waals surface area contributed by atoms with Gasteiger partial charge in [0.2, 0.25) is 5.89 Å². The van der Waals surface area contributed by atoms with E-state index in [2.05, 4.69) is 22.4 Å². The standard InChI is InChI=1S/C13H21N3O/c1-9-4-6-10(7-5-9)12-15-13(17-16-12)11-3-2-8-14-11/h9-11,14H,2-8H2,1H3. The molecule has 1 saturated heterocycles. The van der Waals surface area contributed by atoms with E-state index in [1.165, 1.54) is 32.1 Å². The van der Waals surface area contributed by atoms with E-state index in [0.717, 1.165) is 30.6 Å². The van der Waals surface area contributed by atoms with E-state index in [4.69, 9.17) is 4.52 Å². The Bertz CT molecular complexity index is 362. The minimum Gasteiger partial charge on any atom is -0.338 e. The van der Waals surface area contributed by atoms with Gasteiger partial charge in [-0.2, -0.15) is 4.98 Å². The van der Waals surface area contributed by atoms with Crippen molar-refractivity contribution in [3.05, 3.63) is 11.7 Å². The maximum atomic E-state index is 5.41. The Morgan fingerprint density at radius 1 is 1.18 bits per heavy atom. The summed E-state index contributed by atoms with van der Waals surface area (Å²) < 4.78 is 5.41. The van der Waals surface area contributed by atoms with Gasteiger partial charge >= 0.3 is 0 Å². The van der Waals surface area contributed by atoms with Crippen LogP contribution in [0.3, 0.4) is 0 Å². The van der Waals surface area contributed by atoms with E-state index in [9.17, 15) is 0 Å². The van der Waals surface area contributed by atoms with Crippen LogP contribution in [0.15, 0.2) is 4.52 Å². The van der Waals surface area contributed by atoms with Crippen molar-refractivity contribution < 1.29 is 4.52 Å². The van der Waals surface area contributed by atoms with Crippen LogP contribution in [0.1, 0.15) is 69.1 Å². The highest BCUT2D eigenvalue weighted by molar-refractivity contribution is 5.01. The van der Waals surface area contributed by atoms with Gasteiger partial charge in [-0.3, -0.25) is 0 Å². The minimum absolute atomic E-state index is 0.304. The van der Waals surface area contributed by atoms with Crippen LogP contribution in [0.5, 0.6) is 0 Å². The lowest BCUT2D eigenvalue weighted by Gasteiger charge is -2.23. The molecule has 2 aliphatic rings. The SMILES string of the molecule is CC1CCC(c2noc(C3CCCN3)n2)CC1. The number of nitrogens with zero attached hydrogens (tertiary/aromatic N) is 2. The first-order valence-electron chi connectivity index (χ1n) is 6.90. The normalized spacial score (nSPS) is 34.1. The Morgan fingerprint density at radius 2 is 2.00 bits per heavy atom. The predicted octanol–water partition coefficient (Wildman–Crippen LogP) is 2.79. The summed E-state index contributed by atoms with van der Waals surface area (Å²) in [5.41, 5.74) is 0. The molecule has 0 radical (unpaired) electrons. The van der Waals surface area contributed by atoms with Gasteiger partial charge in [-0.05, 0) is 38.1 Å². The Morgan fingerprint density at radius 3 is 2.71 bits per heavy atom. The monoisotopic (exact) mass is 235 g/mol. The van der Waals surface area contributed by atoms with Crippen LogP contribution in [0.2, 0.25) is 0 Å². The third kappa shape index (κ3) is 2.37. The van der Waals surface area contributed by atoms with Crippen LogP contribution < -0.4 is 5.32 Å². The van der Waals surface area contributed by atoms with Gasteiger partial charge in [0, 0.05) is 5.92 Å². The molecule has 1 saturated carbocycles. The molecule has 4 heteroatoms. The fourth-order valence-electron chi connectivity index (χ4n) is 2.97.